The van der Waals surface area contributed by atoms with E-state index in [9.17, 15) is 8.78 Å². The van der Waals surface area contributed by atoms with Crippen molar-refractivity contribution in [2.45, 2.75) is 6.04 Å². The number of hydrogen-bond acceptors (Lipinski definition) is 2. The molecule has 1 atom stereocenters. The molecule has 0 spiro atoms. The van der Waals surface area contributed by atoms with Gasteiger partial charge in [0, 0.05) is 31.2 Å². The van der Waals surface area contributed by atoms with Crippen LogP contribution in [-0.4, -0.2) is 19.6 Å². The average molecular weight is 198 g/mol. The molecule has 0 radical (unpaired) electrons. The van der Waals surface area contributed by atoms with Crippen LogP contribution < -0.4 is 10.6 Å². The van der Waals surface area contributed by atoms with Gasteiger partial charge in [0.05, 0.1) is 0 Å². The monoisotopic (exact) mass is 198 g/mol. The molecule has 1 aromatic carbocycles. The van der Waals surface area contributed by atoms with Crippen molar-refractivity contribution in [2.75, 3.05) is 19.6 Å². The SMILES string of the molecule is Fc1ccc(F)c([C@@H]2CNCCN2)c1. The fourth-order valence-corrected chi connectivity index (χ4v) is 1.65. The van der Waals surface area contributed by atoms with Crippen LogP contribution >= 0.6 is 0 Å². The summed E-state index contributed by atoms with van der Waals surface area (Å²) in [7, 11) is 0. The Kier molecular flexibility index (Phi) is 2.74. The molecule has 1 heterocycles. The third-order valence-corrected chi connectivity index (χ3v) is 2.37. The minimum Gasteiger partial charge on any atom is -0.314 e. The smallest absolute Gasteiger partial charge is 0.128 e. The maximum absolute atomic E-state index is 13.3. The van der Waals surface area contributed by atoms with Gasteiger partial charge in [-0.3, -0.25) is 0 Å². The molecule has 1 aromatic rings. The number of rotatable bonds is 1. The molecule has 76 valence electrons. The van der Waals surface area contributed by atoms with Crippen molar-refractivity contribution >= 4 is 0 Å². The Balaban J connectivity index is 2.24. The van der Waals surface area contributed by atoms with E-state index in [0.717, 1.165) is 19.2 Å². The molecule has 0 aliphatic carbocycles. The van der Waals surface area contributed by atoms with Crippen molar-refractivity contribution in [3.63, 3.8) is 0 Å². The van der Waals surface area contributed by atoms with Crippen molar-refractivity contribution in [1.29, 1.82) is 0 Å². The van der Waals surface area contributed by atoms with Gasteiger partial charge in [-0.15, -0.1) is 0 Å². The fraction of sp³-hybridized carbons (Fsp3) is 0.400. The molecule has 0 aromatic heterocycles. The largest absolute Gasteiger partial charge is 0.314 e. The number of nitrogens with one attached hydrogen (secondary N) is 2. The number of halogens is 2. The van der Waals surface area contributed by atoms with Crippen molar-refractivity contribution in [3.05, 3.63) is 35.4 Å². The van der Waals surface area contributed by atoms with Gasteiger partial charge in [0.25, 0.3) is 0 Å². The van der Waals surface area contributed by atoms with Gasteiger partial charge >= 0.3 is 0 Å². The molecule has 0 unspecified atom stereocenters. The Bertz CT molecular complexity index is 322. The molecule has 1 fully saturated rings. The zero-order valence-electron chi connectivity index (χ0n) is 7.69. The van der Waals surface area contributed by atoms with Gasteiger partial charge in [-0.25, -0.2) is 8.78 Å². The highest BCUT2D eigenvalue weighted by molar-refractivity contribution is 5.23. The first-order valence-electron chi connectivity index (χ1n) is 4.66. The first kappa shape index (κ1) is 9.55. The van der Waals surface area contributed by atoms with Crippen LogP contribution in [0, 0.1) is 11.6 Å². The number of benzene rings is 1. The second-order valence-corrected chi connectivity index (χ2v) is 3.38. The maximum Gasteiger partial charge on any atom is 0.128 e. The van der Waals surface area contributed by atoms with Crippen LogP contribution in [0.5, 0.6) is 0 Å². The lowest BCUT2D eigenvalue weighted by Gasteiger charge is -2.25. The molecule has 0 amide bonds. The van der Waals surface area contributed by atoms with E-state index < -0.39 is 5.82 Å². The molecule has 2 N–H and O–H groups in total. The Labute approximate surface area is 81.3 Å². The molecule has 2 nitrogen and oxygen atoms in total. The van der Waals surface area contributed by atoms with Crippen molar-refractivity contribution < 1.29 is 8.78 Å². The van der Waals surface area contributed by atoms with Gasteiger partial charge in [-0.1, -0.05) is 0 Å². The van der Waals surface area contributed by atoms with Crippen LogP contribution in [0.1, 0.15) is 11.6 Å². The second kappa shape index (κ2) is 4.02. The van der Waals surface area contributed by atoms with E-state index in [-0.39, 0.29) is 11.9 Å². The summed E-state index contributed by atoms with van der Waals surface area (Å²) in [5.74, 6) is -0.749. The highest BCUT2D eigenvalue weighted by Crippen LogP contribution is 2.18. The van der Waals surface area contributed by atoms with Gasteiger partial charge in [0.1, 0.15) is 11.6 Å². The molecular weight excluding hydrogens is 186 g/mol. The average Bonchev–Trinajstić information content (AvgIpc) is 2.23. The molecule has 14 heavy (non-hydrogen) atoms. The highest BCUT2D eigenvalue weighted by atomic mass is 19.1. The fourth-order valence-electron chi connectivity index (χ4n) is 1.65. The summed E-state index contributed by atoms with van der Waals surface area (Å²) in [5, 5.41) is 6.26. The molecule has 0 bridgehead atoms. The number of piperazine rings is 1. The van der Waals surface area contributed by atoms with Crippen molar-refractivity contribution in [1.82, 2.24) is 10.6 Å². The van der Waals surface area contributed by atoms with Crippen LogP contribution in [0.2, 0.25) is 0 Å². The van der Waals surface area contributed by atoms with Crippen LogP contribution in [0.25, 0.3) is 0 Å². The summed E-state index contributed by atoms with van der Waals surface area (Å²) < 4.78 is 26.2. The molecule has 2 rings (SSSR count). The van der Waals surface area contributed by atoms with Gasteiger partial charge in [-0.05, 0) is 18.2 Å². The lowest BCUT2D eigenvalue weighted by atomic mass is 10.0. The minimum absolute atomic E-state index is 0.126. The molecule has 1 aliphatic heterocycles. The quantitative estimate of drug-likeness (QED) is 0.708. The third kappa shape index (κ3) is 1.91. The maximum atomic E-state index is 13.3. The molecule has 1 saturated heterocycles. The Morgan fingerprint density at radius 2 is 2.07 bits per heavy atom. The zero-order valence-corrected chi connectivity index (χ0v) is 7.69. The predicted molar refractivity (Wildman–Crippen MR) is 50.0 cm³/mol. The Morgan fingerprint density at radius 1 is 1.21 bits per heavy atom. The number of hydrogen-bond donors (Lipinski definition) is 2. The third-order valence-electron chi connectivity index (χ3n) is 2.37. The van der Waals surface area contributed by atoms with E-state index in [0.29, 0.717) is 12.1 Å². The van der Waals surface area contributed by atoms with E-state index in [2.05, 4.69) is 10.6 Å². The molecule has 1 aliphatic rings. The highest BCUT2D eigenvalue weighted by Gasteiger charge is 2.18. The molecule has 4 heteroatoms. The van der Waals surface area contributed by atoms with Crippen molar-refractivity contribution in [2.24, 2.45) is 0 Å². The minimum atomic E-state index is -0.395. The summed E-state index contributed by atoms with van der Waals surface area (Å²) in [6, 6.07) is 3.43. The van der Waals surface area contributed by atoms with Crippen LogP contribution in [-0.2, 0) is 0 Å². The van der Waals surface area contributed by atoms with Crippen LogP contribution in [0.3, 0.4) is 0 Å². The van der Waals surface area contributed by atoms with E-state index in [4.69, 9.17) is 0 Å². The standard InChI is InChI=1S/C10H12F2N2/c11-7-1-2-9(12)8(5-7)10-6-13-3-4-14-10/h1-2,5,10,13-14H,3-4,6H2/t10-/m0/s1. The topological polar surface area (TPSA) is 24.1 Å². The summed E-state index contributed by atoms with van der Waals surface area (Å²) >= 11 is 0. The van der Waals surface area contributed by atoms with E-state index in [1.165, 1.54) is 12.1 Å². The van der Waals surface area contributed by atoms with Gasteiger partial charge < -0.3 is 10.6 Å². The van der Waals surface area contributed by atoms with Gasteiger partial charge in [0.2, 0.25) is 0 Å². The van der Waals surface area contributed by atoms with Gasteiger partial charge in [0.15, 0.2) is 0 Å². The molecule has 0 saturated carbocycles. The zero-order chi connectivity index (χ0) is 9.97. The van der Waals surface area contributed by atoms with E-state index >= 15 is 0 Å². The second-order valence-electron chi connectivity index (χ2n) is 3.38. The Morgan fingerprint density at radius 3 is 2.79 bits per heavy atom. The summed E-state index contributed by atoms with van der Waals surface area (Å²) in [6.07, 6.45) is 0. The summed E-state index contributed by atoms with van der Waals surface area (Å²) in [5.41, 5.74) is 0.400. The van der Waals surface area contributed by atoms with E-state index in [1.54, 1.807) is 0 Å². The summed E-state index contributed by atoms with van der Waals surface area (Å²) in [4.78, 5) is 0. The predicted octanol–water partition coefficient (Wildman–Crippen LogP) is 1.20. The van der Waals surface area contributed by atoms with E-state index in [1.807, 2.05) is 0 Å². The van der Waals surface area contributed by atoms with Gasteiger partial charge in [-0.2, -0.15) is 0 Å². The summed E-state index contributed by atoms with van der Waals surface area (Å²) in [6.45, 7) is 2.29. The normalized spacial score (nSPS) is 22.3. The lowest BCUT2D eigenvalue weighted by Crippen LogP contribution is -2.43. The Hall–Kier alpha value is -1.00. The first-order valence-corrected chi connectivity index (χ1v) is 4.66. The van der Waals surface area contributed by atoms with Crippen molar-refractivity contribution in [3.8, 4) is 0 Å². The van der Waals surface area contributed by atoms with Crippen LogP contribution in [0.4, 0.5) is 8.78 Å². The molecular formula is C10H12F2N2. The lowest BCUT2D eigenvalue weighted by molar-refractivity contribution is 0.414. The first-order chi connectivity index (χ1) is 6.77. The van der Waals surface area contributed by atoms with Crippen LogP contribution in [0.15, 0.2) is 18.2 Å².